The molecule has 1 aromatic rings. The summed E-state index contributed by atoms with van der Waals surface area (Å²) in [5, 5.41) is 0. The Hall–Kier alpha value is -1.47. The standard InChI is InChI=1S/C14H18F2N2O3/c1-20-8-10-5-14(15,16)9-18(10)11-6-17(7-11)13(19)12-3-2-4-21-12/h2-4,10-11H,5-9H2,1H3/t10-/m0/s1. The second-order valence-corrected chi connectivity index (χ2v) is 5.68. The lowest BCUT2D eigenvalue weighted by Gasteiger charge is -2.45. The number of hydrogen-bond donors (Lipinski definition) is 0. The first-order valence-electron chi connectivity index (χ1n) is 6.95. The van der Waals surface area contributed by atoms with Crippen molar-refractivity contribution in [2.24, 2.45) is 0 Å². The normalized spacial score (nSPS) is 26.0. The Balaban J connectivity index is 1.59. The van der Waals surface area contributed by atoms with E-state index in [2.05, 4.69) is 0 Å². The lowest BCUT2D eigenvalue weighted by atomic mass is 10.1. The van der Waals surface area contributed by atoms with E-state index < -0.39 is 5.92 Å². The van der Waals surface area contributed by atoms with Crippen LogP contribution < -0.4 is 0 Å². The molecule has 2 aliphatic heterocycles. The number of furan rings is 1. The maximum absolute atomic E-state index is 13.6. The number of ether oxygens (including phenoxy) is 1. The van der Waals surface area contributed by atoms with Gasteiger partial charge in [-0.3, -0.25) is 9.69 Å². The molecular formula is C14H18F2N2O3. The molecule has 0 aliphatic carbocycles. The third-order valence-electron chi connectivity index (χ3n) is 4.13. The smallest absolute Gasteiger partial charge is 0.289 e. The third-order valence-corrected chi connectivity index (χ3v) is 4.13. The van der Waals surface area contributed by atoms with Crippen molar-refractivity contribution in [1.82, 2.24) is 9.80 Å². The summed E-state index contributed by atoms with van der Waals surface area (Å²) in [7, 11) is 1.52. The fourth-order valence-corrected chi connectivity index (χ4v) is 3.08. The Morgan fingerprint density at radius 2 is 2.29 bits per heavy atom. The second-order valence-electron chi connectivity index (χ2n) is 5.68. The molecule has 1 amide bonds. The summed E-state index contributed by atoms with van der Waals surface area (Å²) in [5.74, 6) is -2.58. The van der Waals surface area contributed by atoms with Gasteiger partial charge in [-0.1, -0.05) is 0 Å². The molecule has 7 heteroatoms. The van der Waals surface area contributed by atoms with Gasteiger partial charge in [0.15, 0.2) is 5.76 Å². The minimum atomic E-state index is -2.67. The Kier molecular flexibility index (Phi) is 3.71. The molecule has 2 saturated heterocycles. The molecule has 1 atom stereocenters. The summed E-state index contributed by atoms with van der Waals surface area (Å²) >= 11 is 0. The second kappa shape index (κ2) is 5.38. The number of amides is 1. The molecule has 3 heterocycles. The van der Waals surface area contributed by atoms with Crippen LogP contribution in [0.5, 0.6) is 0 Å². The molecule has 2 fully saturated rings. The zero-order valence-corrected chi connectivity index (χ0v) is 11.8. The van der Waals surface area contributed by atoms with Crippen molar-refractivity contribution in [2.75, 3.05) is 33.4 Å². The highest BCUT2D eigenvalue weighted by molar-refractivity contribution is 5.92. The molecule has 5 nitrogen and oxygen atoms in total. The monoisotopic (exact) mass is 300 g/mol. The number of carbonyl (C=O) groups excluding carboxylic acids is 1. The quantitative estimate of drug-likeness (QED) is 0.844. The lowest BCUT2D eigenvalue weighted by molar-refractivity contribution is -0.0144. The van der Waals surface area contributed by atoms with Crippen LogP contribution in [0.4, 0.5) is 8.78 Å². The number of halogens is 2. The summed E-state index contributed by atoms with van der Waals surface area (Å²) in [4.78, 5) is 15.4. The minimum Gasteiger partial charge on any atom is -0.459 e. The Labute approximate surface area is 121 Å². The van der Waals surface area contributed by atoms with E-state index in [9.17, 15) is 13.6 Å². The van der Waals surface area contributed by atoms with Crippen LogP contribution in [0.1, 0.15) is 17.0 Å². The van der Waals surface area contributed by atoms with Crippen LogP contribution >= 0.6 is 0 Å². The van der Waals surface area contributed by atoms with Crippen molar-refractivity contribution in [3.63, 3.8) is 0 Å². The summed E-state index contributed by atoms with van der Waals surface area (Å²) < 4.78 is 37.2. The lowest BCUT2D eigenvalue weighted by Crippen LogP contribution is -2.62. The van der Waals surface area contributed by atoms with Crippen LogP contribution in [-0.4, -0.2) is 67.1 Å². The number of likely N-dealkylation sites (tertiary alicyclic amines) is 2. The van der Waals surface area contributed by atoms with Crippen LogP contribution in [0, 0.1) is 0 Å². The zero-order valence-electron chi connectivity index (χ0n) is 11.8. The van der Waals surface area contributed by atoms with Crippen LogP contribution in [0.2, 0.25) is 0 Å². The number of carbonyl (C=O) groups is 1. The maximum atomic E-state index is 13.6. The zero-order chi connectivity index (χ0) is 15.0. The van der Waals surface area contributed by atoms with Gasteiger partial charge in [-0.2, -0.15) is 0 Å². The van der Waals surface area contributed by atoms with E-state index in [-0.39, 0.29) is 43.3 Å². The summed E-state index contributed by atoms with van der Waals surface area (Å²) in [6.07, 6.45) is 1.27. The van der Waals surface area contributed by atoms with Gasteiger partial charge in [0.05, 0.1) is 19.4 Å². The molecule has 0 spiro atoms. The van der Waals surface area contributed by atoms with E-state index >= 15 is 0 Å². The molecular weight excluding hydrogens is 282 g/mol. The molecule has 0 radical (unpaired) electrons. The van der Waals surface area contributed by atoms with Crippen LogP contribution in [-0.2, 0) is 4.74 Å². The fraction of sp³-hybridized carbons (Fsp3) is 0.643. The predicted octanol–water partition coefficient (Wildman–Crippen LogP) is 1.46. The van der Waals surface area contributed by atoms with E-state index in [0.717, 1.165) is 0 Å². The molecule has 1 aromatic heterocycles. The molecule has 0 bridgehead atoms. The van der Waals surface area contributed by atoms with E-state index in [1.165, 1.54) is 13.4 Å². The van der Waals surface area contributed by atoms with Crippen LogP contribution in [0.25, 0.3) is 0 Å². The van der Waals surface area contributed by atoms with Crippen molar-refractivity contribution in [3.8, 4) is 0 Å². The van der Waals surface area contributed by atoms with Crippen LogP contribution in [0.3, 0.4) is 0 Å². The van der Waals surface area contributed by atoms with Crippen molar-refractivity contribution in [3.05, 3.63) is 24.2 Å². The molecule has 0 unspecified atom stereocenters. The molecule has 2 aliphatic rings. The predicted molar refractivity (Wildman–Crippen MR) is 70.3 cm³/mol. The molecule has 21 heavy (non-hydrogen) atoms. The highest BCUT2D eigenvalue weighted by atomic mass is 19.3. The first-order chi connectivity index (χ1) is 10.00. The largest absolute Gasteiger partial charge is 0.459 e. The molecule has 116 valence electrons. The highest BCUT2D eigenvalue weighted by Gasteiger charge is 2.50. The molecule has 3 rings (SSSR count). The van der Waals surface area contributed by atoms with Gasteiger partial charge in [0.1, 0.15) is 0 Å². The van der Waals surface area contributed by atoms with E-state index in [1.807, 2.05) is 0 Å². The summed E-state index contributed by atoms with van der Waals surface area (Å²) in [6.45, 7) is 0.943. The topological polar surface area (TPSA) is 45.9 Å². The van der Waals surface area contributed by atoms with Gasteiger partial charge < -0.3 is 14.1 Å². The number of nitrogens with zero attached hydrogens (tertiary/aromatic N) is 2. The number of methoxy groups -OCH3 is 1. The van der Waals surface area contributed by atoms with Crippen molar-refractivity contribution in [2.45, 2.75) is 24.4 Å². The molecule has 0 saturated carbocycles. The average Bonchev–Trinajstić information content (AvgIpc) is 2.96. The Morgan fingerprint density at radius 1 is 1.52 bits per heavy atom. The van der Waals surface area contributed by atoms with E-state index in [0.29, 0.717) is 13.1 Å². The third kappa shape index (κ3) is 2.80. The van der Waals surface area contributed by atoms with Gasteiger partial charge in [0.25, 0.3) is 11.8 Å². The van der Waals surface area contributed by atoms with Gasteiger partial charge in [0, 0.05) is 38.7 Å². The maximum Gasteiger partial charge on any atom is 0.289 e. The fourth-order valence-electron chi connectivity index (χ4n) is 3.08. The van der Waals surface area contributed by atoms with Crippen molar-refractivity contribution < 1.29 is 22.7 Å². The highest BCUT2D eigenvalue weighted by Crippen LogP contribution is 2.35. The first kappa shape index (κ1) is 14.5. The van der Waals surface area contributed by atoms with Gasteiger partial charge in [0.2, 0.25) is 0 Å². The van der Waals surface area contributed by atoms with E-state index in [4.69, 9.17) is 9.15 Å². The SMILES string of the molecule is COC[C@@H]1CC(F)(F)CN1C1CN(C(=O)c2ccco2)C1. The van der Waals surface area contributed by atoms with Crippen molar-refractivity contribution in [1.29, 1.82) is 0 Å². The van der Waals surface area contributed by atoms with Crippen molar-refractivity contribution >= 4 is 5.91 Å². The Bertz CT molecular complexity index is 500. The summed E-state index contributed by atoms with van der Waals surface area (Å²) in [6, 6.07) is 2.95. The number of hydrogen-bond acceptors (Lipinski definition) is 4. The van der Waals surface area contributed by atoms with Crippen LogP contribution in [0.15, 0.2) is 22.8 Å². The van der Waals surface area contributed by atoms with E-state index in [1.54, 1.807) is 21.9 Å². The van der Waals surface area contributed by atoms with Gasteiger partial charge in [-0.15, -0.1) is 0 Å². The summed E-state index contributed by atoms with van der Waals surface area (Å²) in [5.41, 5.74) is 0. The minimum absolute atomic E-state index is 0.0302. The van der Waals surface area contributed by atoms with Gasteiger partial charge >= 0.3 is 0 Å². The molecule has 0 N–H and O–H groups in total. The number of rotatable bonds is 4. The van der Waals surface area contributed by atoms with Gasteiger partial charge in [-0.25, -0.2) is 8.78 Å². The number of alkyl halides is 2. The Morgan fingerprint density at radius 3 is 2.90 bits per heavy atom. The van der Waals surface area contributed by atoms with Gasteiger partial charge in [-0.05, 0) is 12.1 Å². The first-order valence-corrected chi connectivity index (χ1v) is 6.95. The average molecular weight is 300 g/mol. The molecule has 0 aromatic carbocycles.